The molecule has 0 aliphatic carbocycles. The summed E-state index contributed by atoms with van der Waals surface area (Å²) in [5.74, 6) is 0.693. The summed E-state index contributed by atoms with van der Waals surface area (Å²) < 4.78 is 6.56. The average molecular weight is 355 g/mol. The van der Waals surface area contributed by atoms with Crippen LogP contribution in [-0.2, 0) is 0 Å². The molecule has 0 spiro atoms. The molecule has 1 N–H and O–H groups in total. The fourth-order valence-corrected chi connectivity index (χ4v) is 3.66. The zero-order chi connectivity index (χ0) is 18.4. The summed E-state index contributed by atoms with van der Waals surface area (Å²) in [6, 6.07) is 3.46. The van der Waals surface area contributed by atoms with Gasteiger partial charge in [-0.25, -0.2) is 9.50 Å². The molecule has 0 aromatic carbocycles. The Balaban J connectivity index is 1.52. The fraction of sp³-hybridized carbons (Fsp3) is 0.444. The van der Waals surface area contributed by atoms with Gasteiger partial charge < -0.3 is 9.42 Å². The molecule has 3 aromatic heterocycles. The number of nitrogens with one attached hydrogen (secondary N) is 1. The summed E-state index contributed by atoms with van der Waals surface area (Å²) in [6.07, 6.45) is 1.56. The van der Waals surface area contributed by atoms with Gasteiger partial charge in [0.1, 0.15) is 11.3 Å². The Morgan fingerprint density at radius 1 is 1.23 bits per heavy atom. The van der Waals surface area contributed by atoms with Crippen molar-refractivity contribution in [2.45, 2.75) is 39.5 Å². The highest BCUT2D eigenvalue weighted by Crippen LogP contribution is 2.28. The highest BCUT2D eigenvalue weighted by Gasteiger charge is 2.29. The Hall–Kier alpha value is -2.90. The van der Waals surface area contributed by atoms with Crippen molar-refractivity contribution in [2.75, 3.05) is 13.1 Å². The van der Waals surface area contributed by atoms with Crippen molar-refractivity contribution < 1.29 is 9.32 Å². The molecule has 1 aliphatic rings. The van der Waals surface area contributed by atoms with Crippen molar-refractivity contribution in [3.63, 3.8) is 0 Å². The second-order valence-corrected chi connectivity index (χ2v) is 6.92. The first kappa shape index (κ1) is 16.6. The normalized spacial score (nSPS) is 15.7. The number of aromatic amines is 1. The molecule has 0 saturated carbocycles. The van der Waals surface area contributed by atoms with Crippen molar-refractivity contribution in [2.24, 2.45) is 0 Å². The molecule has 136 valence electrons. The number of hydrogen-bond acceptors (Lipinski definition) is 5. The summed E-state index contributed by atoms with van der Waals surface area (Å²) >= 11 is 0. The molecule has 0 atom stereocenters. The van der Waals surface area contributed by atoms with Crippen LogP contribution in [0.3, 0.4) is 0 Å². The van der Waals surface area contributed by atoms with E-state index in [1.165, 1.54) is 4.52 Å². The minimum atomic E-state index is -0.104. The standard InChI is InChI=1S/C18H21N5O3/c1-10-8-15-19-14(9-16(24)23(15)20-10)13-4-6-22(7-5-13)18(25)17-11(2)21-26-12(17)3/h8-9,13,20H,4-7H2,1-3H3. The second-order valence-electron chi connectivity index (χ2n) is 6.92. The van der Waals surface area contributed by atoms with Gasteiger partial charge in [-0.1, -0.05) is 5.16 Å². The first-order valence-corrected chi connectivity index (χ1v) is 8.75. The molecule has 1 saturated heterocycles. The molecule has 0 bridgehead atoms. The molecule has 4 rings (SSSR count). The molecule has 1 fully saturated rings. The highest BCUT2D eigenvalue weighted by molar-refractivity contribution is 5.96. The molecule has 3 aromatic rings. The Labute approximate surface area is 149 Å². The van der Waals surface area contributed by atoms with E-state index in [2.05, 4.69) is 15.2 Å². The molecule has 4 heterocycles. The van der Waals surface area contributed by atoms with Crippen molar-refractivity contribution in [1.29, 1.82) is 0 Å². The number of hydrogen-bond donors (Lipinski definition) is 1. The Bertz CT molecular complexity index is 1020. The summed E-state index contributed by atoms with van der Waals surface area (Å²) in [6.45, 7) is 6.68. The van der Waals surface area contributed by atoms with Crippen LogP contribution in [-0.4, -0.2) is 43.7 Å². The summed E-state index contributed by atoms with van der Waals surface area (Å²) in [7, 11) is 0. The van der Waals surface area contributed by atoms with Gasteiger partial charge in [0.25, 0.3) is 11.5 Å². The van der Waals surface area contributed by atoms with Crippen LogP contribution in [0.25, 0.3) is 5.65 Å². The number of aryl methyl sites for hydroxylation is 3. The number of aromatic nitrogens is 4. The predicted molar refractivity (Wildman–Crippen MR) is 94.4 cm³/mol. The monoisotopic (exact) mass is 355 g/mol. The lowest BCUT2D eigenvalue weighted by molar-refractivity contribution is 0.0709. The van der Waals surface area contributed by atoms with E-state index in [1.54, 1.807) is 19.9 Å². The SMILES string of the molecule is Cc1cc2nc(C3CCN(C(=O)c4c(C)noc4C)CC3)cc(=O)n2[nH]1. The number of likely N-dealkylation sites (tertiary alicyclic amines) is 1. The van der Waals surface area contributed by atoms with E-state index in [0.29, 0.717) is 35.8 Å². The summed E-state index contributed by atoms with van der Waals surface area (Å²) in [5, 5.41) is 6.84. The van der Waals surface area contributed by atoms with Gasteiger partial charge in [0.15, 0.2) is 5.65 Å². The quantitative estimate of drug-likeness (QED) is 0.758. The van der Waals surface area contributed by atoms with Gasteiger partial charge in [0.05, 0.1) is 11.4 Å². The zero-order valence-corrected chi connectivity index (χ0v) is 15.1. The first-order valence-electron chi connectivity index (χ1n) is 8.75. The number of nitrogens with zero attached hydrogens (tertiary/aromatic N) is 4. The van der Waals surface area contributed by atoms with Gasteiger partial charge in [-0.05, 0) is 33.6 Å². The van der Waals surface area contributed by atoms with E-state index in [9.17, 15) is 9.59 Å². The van der Waals surface area contributed by atoms with Gasteiger partial charge in [0.2, 0.25) is 0 Å². The lowest BCUT2D eigenvalue weighted by Gasteiger charge is -2.31. The maximum atomic E-state index is 12.7. The van der Waals surface area contributed by atoms with E-state index in [4.69, 9.17) is 4.52 Å². The van der Waals surface area contributed by atoms with Gasteiger partial charge in [0, 0.05) is 36.8 Å². The largest absolute Gasteiger partial charge is 0.361 e. The summed E-state index contributed by atoms with van der Waals surface area (Å²) in [5.41, 5.74) is 3.42. The molecule has 1 amide bonds. The Kier molecular flexibility index (Phi) is 3.90. The number of rotatable bonds is 2. The van der Waals surface area contributed by atoms with E-state index >= 15 is 0 Å². The molecule has 1 aliphatic heterocycles. The lowest BCUT2D eigenvalue weighted by Crippen LogP contribution is -2.38. The van der Waals surface area contributed by atoms with E-state index in [-0.39, 0.29) is 17.4 Å². The highest BCUT2D eigenvalue weighted by atomic mass is 16.5. The van der Waals surface area contributed by atoms with Crippen LogP contribution in [0.15, 0.2) is 21.5 Å². The van der Waals surface area contributed by atoms with Crippen LogP contribution in [0.5, 0.6) is 0 Å². The summed E-state index contributed by atoms with van der Waals surface area (Å²) in [4.78, 5) is 31.5. The fourth-order valence-electron chi connectivity index (χ4n) is 3.66. The van der Waals surface area contributed by atoms with Gasteiger partial charge in [-0.2, -0.15) is 0 Å². The van der Waals surface area contributed by atoms with Crippen LogP contribution in [0.1, 0.15) is 52.0 Å². The van der Waals surface area contributed by atoms with Crippen LogP contribution in [0.4, 0.5) is 0 Å². The Morgan fingerprint density at radius 2 is 1.96 bits per heavy atom. The van der Waals surface area contributed by atoms with E-state index in [1.807, 2.05) is 17.9 Å². The maximum absolute atomic E-state index is 12.7. The molecule has 8 heteroatoms. The second kappa shape index (κ2) is 6.12. The molecular weight excluding hydrogens is 334 g/mol. The third kappa shape index (κ3) is 2.71. The first-order chi connectivity index (χ1) is 12.4. The smallest absolute Gasteiger partial charge is 0.272 e. The molecule has 8 nitrogen and oxygen atoms in total. The molecule has 26 heavy (non-hydrogen) atoms. The topological polar surface area (TPSA) is 96.5 Å². The van der Waals surface area contributed by atoms with Crippen molar-refractivity contribution in [3.05, 3.63) is 50.9 Å². The van der Waals surface area contributed by atoms with E-state index in [0.717, 1.165) is 24.2 Å². The molecular formula is C18H21N5O3. The van der Waals surface area contributed by atoms with Crippen LogP contribution in [0.2, 0.25) is 0 Å². The van der Waals surface area contributed by atoms with Gasteiger partial charge in [-0.3, -0.25) is 14.7 Å². The van der Waals surface area contributed by atoms with Gasteiger partial charge in [-0.15, -0.1) is 0 Å². The maximum Gasteiger partial charge on any atom is 0.272 e. The van der Waals surface area contributed by atoms with Crippen molar-refractivity contribution in [3.8, 4) is 0 Å². The molecule has 0 radical (unpaired) electrons. The number of carbonyl (C=O) groups is 1. The number of fused-ring (bicyclic) bond motifs is 1. The van der Waals surface area contributed by atoms with Crippen LogP contribution >= 0.6 is 0 Å². The van der Waals surface area contributed by atoms with Crippen molar-refractivity contribution >= 4 is 11.6 Å². The third-order valence-electron chi connectivity index (χ3n) is 5.05. The van der Waals surface area contributed by atoms with Gasteiger partial charge >= 0.3 is 0 Å². The zero-order valence-electron chi connectivity index (χ0n) is 15.1. The molecule has 0 unspecified atom stereocenters. The van der Waals surface area contributed by atoms with Crippen molar-refractivity contribution in [1.82, 2.24) is 24.7 Å². The minimum Gasteiger partial charge on any atom is -0.361 e. The Morgan fingerprint density at radius 3 is 2.62 bits per heavy atom. The lowest BCUT2D eigenvalue weighted by atomic mass is 9.93. The van der Waals surface area contributed by atoms with Crippen LogP contribution in [0, 0.1) is 20.8 Å². The third-order valence-corrected chi connectivity index (χ3v) is 5.05. The van der Waals surface area contributed by atoms with Crippen LogP contribution < -0.4 is 5.56 Å². The van der Waals surface area contributed by atoms with E-state index < -0.39 is 0 Å². The average Bonchev–Trinajstić information content (AvgIpc) is 3.16. The number of amides is 1. The minimum absolute atomic E-state index is 0.0376. The predicted octanol–water partition coefficient (Wildman–Crippen LogP) is 1.96. The number of piperidine rings is 1. The number of carbonyl (C=O) groups excluding carboxylic acids is 1. The number of H-pyrrole nitrogens is 1.